The maximum Gasteiger partial charge on any atom is 0.234 e. The second kappa shape index (κ2) is 8.95. The molecule has 2 N–H and O–H groups in total. The zero-order valence-electron chi connectivity index (χ0n) is 12.5. The lowest BCUT2D eigenvalue weighted by molar-refractivity contribution is -0.119. The molecule has 2 amide bonds. The van der Waals surface area contributed by atoms with Crippen LogP contribution in [0.2, 0.25) is 5.02 Å². The minimum atomic E-state index is -0.123. The average molecular weight is 329 g/mol. The number of hydrogen-bond acceptors (Lipinski definition) is 3. The van der Waals surface area contributed by atoms with Gasteiger partial charge in [0.2, 0.25) is 11.8 Å². The summed E-state index contributed by atoms with van der Waals surface area (Å²) >= 11 is 7.16. The third kappa shape index (κ3) is 6.87. The number of carbonyl (C=O) groups excluding carboxylic acids is 2. The molecule has 0 spiro atoms. The van der Waals surface area contributed by atoms with Gasteiger partial charge in [-0.3, -0.25) is 9.59 Å². The van der Waals surface area contributed by atoms with Crippen molar-refractivity contribution in [3.63, 3.8) is 0 Å². The molecule has 0 aliphatic heterocycles. The zero-order valence-corrected chi connectivity index (χ0v) is 14.1. The quantitative estimate of drug-likeness (QED) is 0.808. The van der Waals surface area contributed by atoms with E-state index in [9.17, 15) is 9.59 Å². The van der Waals surface area contributed by atoms with Gasteiger partial charge in [0.15, 0.2) is 0 Å². The Labute approximate surface area is 135 Å². The van der Waals surface area contributed by atoms with Gasteiger partial charge in [-0.15, -0.1) is 11.8 Å². The molecule has 4 nitrogen and oxygen atoms in total. The molecule has 1 aromatic rings. The predicted molar refractivity (Wildman–Crippen MR) is 90.0 cm³/mol. The molecule has 116 valence electrons. The van der Waals surface area contributed by atoms with Gasteiger partial charge in [0.1, 0.15) is 0 Å². The summed E-state index contributed by atoms with van der Waals surface area (Å²) in [7, 11) is 0. The fraction of sp³-hybridized carbons (Fsp3) is 0.467. The molecule has 1 unspecified atom stereocenters. The molecule has 21 heavy (non-hydrogen) atoms. The maximum absolute atomic E-state index is 11.8. The van der Waals surface area contributed by atoms with Crippen molar-refractivity contribution in [2.75, 3.05) is 16.8 Å². The molecular formula is C15H21ClN2O2S. The van der Waals surface area contributed by atoms with Gasteiger partial charge in [-0.1, -0.05) is 18.5 Å². The first-order valence-electron chi connectivity index (χ1n) is 6.85. The summed E-state index contributed by atoms with van der Waals surface area (Å²) in [6.45, 7) is 5.85. The van der Waals surface area contributed by atoms with E-state index in [2.05, 4.69) is 10.6 Å². The summed E-state index contributed by atoms with van der Waals surface area (Å²) in [6.07, 6.45) is 0.896. The first-order chi connectivity index (χ1) is 9.92. The topological polar surface area (TPSA) is 58.2 Å². The average Bonchev–Trinajstić information content (AvgIpc) is 2.41. The van der Waals surface area contributed by atoms with Gasteiger partial charge >= 0.3 is 0 Å². The molecule has 0 bridgehead atoms. The fourth-order valence-electron chi connectivity index (χ4n) is 1.61. The monoisotopic (exact) mass is 328 g/mol. The number of hydrogen-bond donors (Lipinski definition) is 2. The molecule has 0 saturated carbocycles. The lowest BCUT2D eigenvalue weighted by atomic mass is 10.2. The van der Waals surface area contributed by atoms with Crippen LogP contribution in [-0.2, 0) is 9.59 Å². The van der Waals surface area contributed by atoms with Crippen LogP contribution in [0.5, 0.6) is 0 Å². The van der Waals surface area contributed by atoms with Crippen molar-refractivity contribution in [1.82, 2.24) is 5.32 Å². The number of halogens is 1. The highest BCUT2D eigenvalue weighted by Crippen LogP contribution is 2.19. The van der Waals surface area contributed by atoms with Crippen LogP contribution in [0.15, 0.2) is 18.2 Å². The van der Waals surface area contributed by atoms with Crippen molar-refractivity contribution < 1.29 is 9.59 Å². The summed E-state index contributed by atoms with van der Waals surface area (Å²) in [5.74, 6) is 0.375. The molecule has 0 aromatic heterocycles. The van der Waals surface area contributed by atoms with E-state index in [1.807, 2.05) is 20.8 Å². The van der Waals surface area contributed by atoms with Crippen molar-refractivity contribution in [3.8, 4) is 0 Å². The number of carbonyl (C=O) groups is 2. The van der Waals surface area contributed by atoms with Crippen LogP contribution < -0.4 is 10.6 Å². The summed E-state index contributed by atoms with van der Waals surface area (Å²) < 4.78 is 0. The first kappa shape index (κ1) is 17.9. The lowest BCUT2D eigenvalue weighted by Gasteiger charge is -2.11. The summed E-state index contributed by atoms with van der Waals surface area (Å²) in [5.41, 5.74) is 1.66. The number of benzene rings is 1. The number of nitrogens with one attached hydrogen (secondary N) is 2. The van der Waals surface area contributed by atoms with E-state index in [1.54, 1.807) is 18.2 Å². The van der Waals surface area contributed by atoms with Crippen molar-refractivity contribution in [2.45, 2.75) is 33.2 Å². The van der Waals surface area contributed by atoms with Crippen LogP contribution in [0.1, 0.15) is 25.8 Å². The predicted octanol–water partition coefficient (Wildman–Crippen LogP) is 3.23. The maximum atomic E-state index is 11.8. The van der Waals surface area contributed by atoms with Gasteiger partial charge in [0.05, 0.1) is 11.5 Å². The minimum Gasteiger partial charge on any atom is -0.353 e. The smallest absolute Gasteiger partial charge is 0.234 e. The summed E-state index contributed by atoms with van der Waals surface area (Å²) in [4.78, 5) is 23.4. The van der Waals surface area contributed by atoms with Crippen molar-refractivity contribution >= 4 is 40.9 Å². The Hall–Kier alpha value is -1.20. The van der Waals surface area contributed by atoms with Gasteiger partial charge in [0, 0.05) is 16.8 Å². The SMILES string of the molecule is CCC(C)NC(=O)CSCC(=O)Nc1ccc(Cl)cc1C. The zero-order chi connectivity index (χ0) is 15.8. The summed E-state index contributed by atoms with van der Waals surface area (Å²) in [5, 5.41) is 6.32. The third-order valence-electron chi connectivity index (χ3n) is 2.95. The van der Waals surface area contributed by atoms with E-state index in [-0.39, 0.29) is 29.4 Å². The molecule has 0 heterocycles. The molecule has 0 fully saturated rings. The molecule has 1 aromatic carbocycles. The Morgan fingerprint density at radius 3 is 2.57 bits per heavy atom. The highest BCUT2D eigenvalue weighted by molar-refractivity contribution is 8.00. The number of thioether (sulfide) groups is 1. The Balaban J connectivity index is 2.33. The largest absolute Gasteiger partial charge is 0.353 e. The van der Waals surface area contributed by atoms with Gasteiger partial charge in [-0.2, -0.15) is 0 Å². The highest BCUT2D eigenvalue weighted by atomic mass is 35.5. The Morgan fingerprint density at radius 1 is 1.29 bits per heavy atom. The molecule has 6 heteroatoms. The van der Waals surface area contributed by atoms with Crippen LogP contribution in [0, 0.1) is 6.92 Å². The van der Waals surface area contributed by atoms with Crippen LogP contribution in [0.3, 0.4) is 0 Å². The van der Waals surface area contributed by atoms with Crippen LogP contribution >= 0.6 is 23.4 Å². The van der Waals surface area contributed by atoms with E-state index in [0.29, 0.717) is 5.02 Å². The molecule has 1 rings (SSSR count). The Kier molecular flexibility index (Phi) is 7.61. The van der Waals surface area contributed by atoms with Crippen molar-refractivity contribution in [2.24, 2.45) is 0 Å². The van der Waals surface area contributed by atoms with E-state index >= 15 is 0 Å². The molecule has 0 saturated heterocycles. The minimum absolute atomic E-state index is 0.0372. The highest BCUT2D eigenvalue weighted by Gasteiger charge is 2.09. The normalized spacial score (nSPS) is 11.8. The van der Waals surface area contributed by atoms with Gasteiger partial charge in [-0.25, -0.2) is 0 Å². The molecular weight excluding hydrogens is 308 g/mol. The van der Waals surface area contributed by atoms with E-state index in [1.165, 1.54) is 11.8 Å². The fourth-order valence-corrected chi connectivity index (χ4v) is 2.46. The molecule has 0 aliphatic carbocycles. The number of anilines is 1. The number of aryl methyl sites for hydroxylation is 1. The van der Waals surface area contributed by atoms with Crippen molar-refractivity contribution in [3.05, 3.63) is 28.8 Å². The van der Waals surface area contributed by atoms with E-state index < -0.39 is 0 Å². The lowest BCUT2D eigenvalue weighted by Crippen LogP contribution is -2.33. The van der Waals surface area contributed by atoms with Gasteiger partial charge in [0.25, 0.3) is 0 Å². The third-order valence-corrected chi connectivity index (χ3v) is 4.12. The standard InChI is InChI=1S/C15H21ClN2O2S/c1-4-11(3)17-14(19)8-21-9-15(20)18-13-6-5-12(16)7-10(13)2/h5-7,11H,4,8-9H2,1-3H3,(H,17,19)(H,18,20). The number of amides is 2. The van der Waals surface area contributed by atoms with E-state index in [0.717, 1.165) is 17.7 Å². The number of rotatable bonds is 7. The van der Waals surface area contributed by atoms with E-state index in [4.69, 9.17) is 11.6 Å². The van der Waals surface area contributed by atoms with Crippen LogP contribution in [0.4, 0.5) is 5.69 Å². The molecule has 0 aliphatic rings. The van der Waals surface area contributed by atoms with Gasteiger partial charge < -0.3 is 10.6 Å². The second-order valence-electron chi connectivity index (χ2n) is 4.88. The first-order valence-corrected chi connectivity index (χ1v) is 8.38. The van der Waals surface area contributed by atoms with Crippen molar-refractivity contribution in [1.29, 1.82) is 0 Å². The van der Waals surface area contributed by atoms with Gasteiger partial charge in [-0.05, 0) is 44.0 Å². The molecule has 1 atom stereocenters. The Bertz CT molecular complexity index is 508. The van der Waals surface area contributed by atoms with Crippen LogP contribution in [-0.4, -0.2) is 29.4 Å². The molecule has 0 radical (unpaired) electrons. The Morgan fingerprint density at radius 2 is 1.95 bits per heavy atom. The second-order valence-corrected chi connectivity index (χ2v) is 6.30. The van der Waals surface area contributed by atoms with Crippen LogP contribution in [0.25, 0.3) is 0 Å². The summed E-state index contributed by atoms with van der Waals surface area (Å²) in [6, 6.07) is 5.47.